The maximum atomic E-state index is 12.2. The van der Waals surface area contributed by atoms with Crippen LogP contribution in [0.2, 0.25) is 0 Å². The van der Waals surface area contributed by atoms with Crippen molar-refractivity contribution in [3.05, 3.63) is 35.4 Å². The van der Waals surface area contributed by atoms with Crippen LogP contribution in [0.5, 0.6) is 0 Å². The largest absolute Gasteiger partial charge is 0.396 e. The highest BCUT2D eigenvalue weighted by molar-refractivity contribution is 5.76. The van der Waals surface area contributed by atoms with E-state index in [1.54, 1.807) is 0 Å². The van der Waals surface area contributed by atoms with Crippen molar-refractivity contribution in [1.29, 1.82) is 0 Å². The van der Waals surface area contributed by atoms with Crippen molar-refractivity contribution in [2.75, 3.05) is 27.2 Å². The van der Waals surface area contributed by atoms with Crippen molar-refractivity contribution < 1.29 is 9.90 Å². The normalized spacial score (nSPS) is 19.7. The summed E-state index contributed by atoms with van der Waals surface area (Å²) in [7, 11) is 4.01. The Balaban J connectivity index is 1.82. The number of hydrogen-bond acceptors (Lipinski definition) is 3. The first-order valence-electron chi connectivity index (χ1n) is 10.1. The molecule has 0 bridgehead atoms. The van der Waals surface area contributed by atoms with Crippen molar-refractivity contribution >= 4 is 5.91 Å². The number of carbonyl (C=O) groups excluding carboxylic acids is 1. The molecule has 1 aromatic carbocycles. The van der Waals surface area contributed by atoms with E-state index >= 15 is 0 Å². The lowest BCUT2D eigenvalue weighted by Crippen LogP contribution is -2.39. The van der Waals surface area contributed by atoms with E-state index < -0.39 is 0 Å². The molecule has 0 aliphatic heterocycles. The summed E-state index contributed by atoms with van der Waals surface area (Å²) in [5, 5.41) is 8.93. The van der Waals surface area contributed by atoms with E-state index in [4.69, 9.17) is 11.5 Å². The van der Waals surface area contributed by atoms with E-state index in [1.807, 2.05) is 11.9 Å². The van der Waals surface area contributed by atoms with Gasteiger partial charge in [0, 0.05) is 45.6 Å². The van der Waals surface area contributed by atoms with E-state index in [0.29, 0.717) is 24.8 Å². The van der Waals surface area contributed by atoms with E-state index in [-0.39, 0.29) is 12.5 Å². The monoisotopic (exact) mass is 370 g/mol. The Bertz CT molecular complexity index is 612. The van der Waals surface area contributed by atoms with Crippen LogP contribution < -0.4 is 0 Å². The lowest BCUT2D eigenvalue weighted by Gasteiger charge is -2.35. The zero-order chi connectivity index (χ0) is 19.6. The molecule has 0 spiro atoms. The number of aliphatic hydroxyl groups is 1. The third-order valence-electron chi connectivity index (χ3n) is 5.72. The summed E-state index contributed by atoms with van der Waals surface area (Å²) in [5.74, 6) is 3.32. The highest BCUT2D eigenvalue weighted by Crippen LogP contribution is 2.34. The van der Waals surface area contributed by atoms with Gasteiger partial charge in [0.05, 0.1) is 0 Å². The van der Waals surface area contributed by atoms with Gasteiger partial charge in [-0.1, -0.05) is 24.3 Å². The summed E-state index contributed by atoms with van der Waals surface area (Å²) in [6.45, 7) is 2.07. The highest BCUT2D eigenvalue weighted by atomic mass is 16.3. The molecule has 4 heteroatoms. The number of terminal acetylenes is 1. The number of aliphatic hydroxyl groups excluding tert-OH is 1. The first kappa shape index (κ1) is 21.5. The molecule has 1 saturated carbocycles. The second kappa shape index (κ2) is 11.1. The van der Waals surface area contributed by atoms with Crippen molar-refractivity contribution in [3.8, 4) is 12.3 Å². The van der Waals surface area contributed by atoms with E-state index in [0.717, 1.165) is 45.2 Å². The number of hydrogen-bond donors (Lipinski definition) is 1. The fraction of sp³-hybridized carbons (Fsp3) is 0.609. The van der Waals surface area contributed by atoms with Crippen LogP contribution in [-0.4, -0.2) is 54.1 Å². The molecule has 0 heterocycles. The molecule has 0 saturated heterocycles. The smallest absolute Gasteiger partial charge is 0.223 e. The summed E-state index contributed by atoms with van der Waals surface area (Å²) in [5.41, 5.74) is 2.73. The van der Waals surface area contributed by atoms with E-state index in [9.17, 15) is 4.79 Å². The van der Waals surface area contributed by atoms with E-state index in [2.05, 4.69) is 42.1 Å². The van der Waals surface area contributed by atoms with Gasteiger partial charge in [-0.2, -0.15) is 0 Å². The molecule has 1 amide bonds. The van der Waals surface area contributed by atoms with Crippen LogP contribution >= 0.6 is 0 Å². The van der Waals surface area contributed by atoms with Gasteiger partial charge in [0.25, 0.3) is 0 Å². The van der Waals surface area contributed by atoms with Gasteiger partial charge in [0.2, 0.25) is 5.91 Å². The highest BCUT2D eigenvalue weighted by Gasteiger charge is 2.26. The van der Waals surface area contributed by atoms with Crippen molar-refractivity contribution in [3.63, 3.8) is 0 Å². The molecular weight excluding hydrogens is 336 g/mol. The van der Waals surface area contributed by atoms with Crippen LogP contribution in [0.1, 0.15) is 62.0 Å². The maximum absolute atomic E-state index is 12.2. The summed E-state index contributed by atoms with van der Waals surface area (Å²) in [6.07, 6.45) is 11.5. The molecule has 1 fully saturated rings. The minimum absolute atomic E-state index is 0.172. The summed E-state index contributed by atoms with van der Waals surface area (Å²) >= 11 is 0. The predicted molar refractivity (Wildman–Crippen MR) is 110 cm³/mol. The van der Waals surface area contributed by atoms with Crippen molar-refractivity contribution in [2.24, 2.45) is 0 Å². The minimum Gasteiger partial charge on any atom is -0.396 e. The van der Waals surface area contributed by atoms with Gasteiger partial charge in [0.15, 0.2) is 0 Å². The number of benzene rings is 1. The summed E-state index contributed by atoms with van der Waals surface area (Å²) < 4.78 is 0. The second-order valence-electron chi connectivity index (χ2n) is 7.77. The lowest BCUT2D eigenvalue weighted by atomic mass is 9.81. The van der Waals surface area contributed by atoms with Gasteiger partial charge in [-0.25, -0.2) is 0 Å². The fourth-order valence-electron chi connectivity index (χ4n) is 3.98. The molecule has 2 rings (SSSR count). The lowest BCUT2D eigenvalue weighted by molar-refractivity contribution is -0.132. The first-order chi connectivity index (χ1) is 13.0. The quantitative estimate of drug-likeness (QED) is 0.678. The topological polar surface area (TPSA) is 43.8 Å². The molecule has 27 heavy (non-hydrogen) atoms. The predicted octanol–water partition coefficient (Wildman–Crippen LogP) is 3.40. The Kier molecular flexibility index (Phi) is 8.84. The number of carbonyl (C=O) groups is 1. The fourth-order valence-corrected chi connectivity index (χ4v) is 3.98. The Labute approximate surface area is 164 Å². The van der Waals surface area contributed by atoms with Gasteiger partial charge >= 0.3 is 0 Å². The zero-order valence-corrected chi connectivity index (χ0v) is 16.9. The molecule has 0 radical (unpaired) electrons. The average molecular weight is 371 g/mol. The maximum Gasteiger partial charge on any atom is 0.223 e. The number of rotatable bonds is 9. The Morgan fingerprint density at radius 1 is 1.19 bits per heavy atom. The molecule has 0 aromatic heterocycles. The third-order valence-corrected chi connectivity index (χ3v) is 5.72. The molecular formula is C23H34N2O2. The van der Waals surface area contributed by atoms with Crippen LogP contribution in [0.3, 0.4) is 0 Å². The Morgan fingerprint density at radius 2 is 1.85 bits per heavy atom. The van der Waals surface area contributed by atoms with Gasteiger partial charge in [-0.15, -0.1) is 12.3 Å². The molecule has 4 nitrogen and oxygen atoms in total. The number of amides is 1. The average Bonchev–Trinajstić information content (AvgIpc) is 2.70. The van der Waals surface area contributed by atoms with Gasteiger partial charge < -0.3 is 14.9 Å². The summed E-state index contributed by atoms with van der Waals surface area (Å²) in [6, 6.07) is 9.34. The van der Waals surface area contributed by atoms with Crippen LogP contribution in [0.4, 0.5) is 0 Å². The number of nitrogens with zero attached hydrogens (tertiary/aromatic N) is 2. The van der Waals surface area contributed by atoms with Crippen LogP contribution in [-0.2, 0) is 11.3 Å². The third kappa shape index (κ3) is 6.68. The van der Waals surface area contributed by atoms with E-state index in [1.165, 1.54) is 11.1 Å². The first-order valence-corrected chi connectivity index (χ1v) is 10.1. The molecule has 0 unspecified atom stereocenters. The van der Waals surface area contributed by atoms with Crippen LogP contribution in [0.25, 0.3) is 0 Å². The SMILES string of the molecule is C#CCCC(=O)N(C)C1CCC(c2ccc(CN(C)CCCO)cc2)CC1. The molecule has 1 aliphatic rings. The standard InChI is InChI=1S/C23H34N2O2/c1-4-5-7-23(27)25(3)22-14-12-21(13-15-22)20-10-8-19(9-11-20)18-24(2)16-6-17-26/h1,8-11,21-22,26H,5-7,12-18H2,2-3H3. The molecule has 1 aliphatic carbocycles. The minimum atomic E-state index is 0.172. The summed E-state index contributed by atoms with van der Waals surface area (Å²) in [4.78, 5) is 16.3. The van der Waals surface area contributed by atoms with Crippen molar-refractivity contribution in [1.82, 2.24) is 9.80 Å². The Hall–Kier alpha value is -1.83. The zero-order valence-electron chi connectivity index (χ0n) is 16.9. The van der Waals surface area contributed by atoms with Crippen LogP contribution in [0.15, 0.2) is 24.3 Å². The van der Waals surface area contributed by atoms with Gasteiger partial charge in [0.1, 0.15) is 0 Å². The molecule has 1 N–H and O–H groups in total. The van der Waals surface area contributed by atoms with Crippen LogP contribution in [0, 0.1) is 12.3 Å². The van der Waals surface area contributed by atoms with Crippen molar-refractivity contribution in [2.45, 2.75) is 63.5 Å². The molecule has 1 aromatic rings. The molecule has 148 valence electrons. The molecule has 0 atom stereocenters. The van der Waals surface area contributed by atoms with Gasteiger partial charge in [-0.3, -0.25) is 4.79 Å². The second-order valence-corrected chi connectivity index (χ2v) is 7.77. The van der Waals surface area contributed by atoms with Gasteiger partial charge in [-0.05, 0) is 56.2 Å². The Morgan fingerprint density at radius 3 is 2.44 bits per heavy atom.